The van der Waals surface area contributed by atoms with Crippen molar-refractivity contribution in [1.29, 1.82) is 0 Å². The molecule has 1 aromatic heterocycles. The summed E-state index contributed by atoms with van der Waals surface area (Å²) in [5.74, 6) is 0. The van der Waals surface area contributed by atoms with Crippen molar-refractivity contribution in [2.45, 2.75) is 11.8 Å². The van der Waals surface area contributed by atoms with Gasteiger partial charge in [-0.3, -0.25) is 9.78 Å². The summed E-state index contributed by atoms with van der Waals surface area (Å²) in [5.41, 5.74) is -0.669. The maximum absolute atomic E-state index is 12.9. The first-order valence-electron chi connectivity index (χ1n) is 8.34. The van der Waals surface area contributed by atoms with Crippen LogP contribution >= 0.6 is 0 Å². The predicted octanol–water partition coefficient (Wildman–Crippen LogP) is 1.30. The number of sulfonamides is 1. The van der Waals surface area contributed by atoms with Gasteiger partial charge in [-0.05, 0) is 30.7 Å². The highest BCUT2D eigenvalue weighted by atomic mass is 32.2. The molecule has 0 aliphatic carbocycles. The van der Waals surface area contributed by atoms with Crippen LogP contribution in [0.5, 0.6) is 0 Å². The van der Waals surface area contributed by atoms with Gasteiger partial charge < -0.3 is 10.3 Å². The first-order chi connectivity index (χ1) is 13.8. The summed E-state index contributed by atoms with van der Waals surface area (Å²) in [6.07, 6.45) is 0.759. The number of rotatable bonds is 5. The molecule has 4 N–H and O–H groups in total. The normalized spacial score (nSPS) is 11.1. The Morgan fingerprint density at radius 3 is 2.31 bits per heavy atom. The van der Waals surface area contributed by atoms with Gasteiger partial charge in [0.05, 0.1) is 5.69 Å². The Morgan fingerprint density at radius 1 is 1.00 bits per heavy atom. The number of carbonyl (C=O) groups is 1. The number of hydrogen-bond acceptors (Lipinski definition) is 5. The van der Waals surface area contributed by atoms with Crippen molar-refractivity contribution < 1.29 is 13.2 Å². The summed E-state index contributed by atoms with van der Waals surface area (Å²) in [4.78, 5) is 41.2. The number of aromatic nitrogens is 2. The Labute approximate surface area is 165 Å². The van der Waals surface area contributed by atoms with Gasteiger partial charge in [-0.2, -0.15) is 0 Å². The summed E-state index contributed by atoms with van der Waals surface area (Å²) in [5, 5.41) is 3.36. The smallest absolute Gasteiger partial charge is 0.313 e. The van der Waals surface area contributed by atoms with Gasteiger partial charge in [0.25, 0.3) is 15.6 Å². The van der Waals surface area contributed by atoms with Gasteiger partial charge in [-0.25, -0.2) is 23.0 Å². The maximum atomic E-state index is 12.9. The van der Waals surface area contributed by atoms with Crippen molar-refractivity contribution in [3.63, 3.8) is 0 Å². The molecule has 0 bridgehead atoms. The number of anilines is 2. The fourth-order valence-electron chi connectivity index (χ4n) is 2.48. The number of para-hydroxylation sites is 2. The lowest BCUT2D eigenvalue weighted by atomic mass is 10.2. The third-order valence-electron chi connectivity index (χ3n) is 3.87. The highest BCUT2D eigenvalue weighted by molar-refractivity contribution is 7.89. The van der Waals surface area contributed by atoms with Crippen molar-refractivity contribution in [2.75, 3.05) is 10.3 Å². The Kier molecular flexibility index (Phi) is 5.61. The zero-order valence-corrected chi connectivity index (χ0v) is 16.0. The van der Waals surface area contributed by atoms with Gasteiger partial charge in [0.2, 0.25) is 0 Å². The SMILES string of the molecule is Cc1ccccc1N(NS(=O)(=O)c1c[nH]c(=O)[nH]c1=O)C(=O)Nc1ccccc1. The fourth-order valence-corrected chi connectivity index (χ4v) is 3.51. The molecule has 1 heterocycles. The van der Waals surface area contributed by atoms with Crippen molar-refractivity contribution >= 4 is 27.4 Å². The van der Waals surface area contributed by atoms with Crippen LogP contribution < -0.4 is 26.4 Å². The average molecular weight is 415 g/mol. The number of aryl methyl sites for hydroxylation is 1. The van der Waals surface area contributed by atoms with Crippen LogP contribution in [0.25, 0.3) is 0 Å². The Morgan fingerprint density at radius 2 is 1.66 bits per heavy atom. The third-order valence-corrected chi connectivity index (χ3v) is 5.18. The van der Waals surface area contributed by atoms with Crippen LogP contribution in [0.4, 0.5) is 16.2 Å². The minimum Gasteiger partial charge on any atom is -0.313 e. The molecule has 0 saturated heterocycles. The lowest BCUT2D eigenvalue weighted by Crippen LogP contribution is -2.50. The minimum atomic E-state index is -4.51. The van der Waals surface area contributed by atoms with Gasteiger partial charge in [0.1, 0.15) is 0 Å². The van der Waals surface area contributed by atoms with Gasteiger partial charge >= 0.3 is 11.7 Å². The van der Waals surface area contributed by atoms with Gasteiger partial charge in [-0.15, -0.1) is 4.83 Å². The minimum absolute atomic E-state index is 0.255. The summed E-state index contributed by atoms with van der Waals surface area (Å²) < 4.78 is 25.5. The van der Waals surface area contributed by atoms with Crippen LogP contribution in [-0.4, -0.2) is 24.4 Å². The molecule has 150 valence electrons. The number of carbonyl (C=O) groups excluding carboxylic acids is 1. The van der Waals surface area contributed by atoms with Crippen LogP contribution in [0.3, 0.4) is 0 Å². The van der Waals surface area contributed by atoms with Crippen molar-refractivity contribution in [2.24, 2.45) is 0 Å². The molecule has 11 heteroatoms. The van der Waals surface area contributed by atoms with Gasteiger partial charge in [-0.1, -0.05) is 36.4 Å². The topological polar surface area (TPSA) is 144 Å². The fraction of sp³-hybridized carbons (Fsp3) is 0.0556. The standard InChI is InChI=1S/C18H17N5O5S/c1-12-7-5-6-10-14(12)23(18(26)20-13-8-3-2-4-9-13)22-29(27,28)15-11-19-17(25)21-16(15)24/h2-11,22H,1H3,(H,20,26)(H2,19,21,24,25). The van der Waals surface area contributed by atoms with Gasteiger partial charge in [0.15, 0.2) is 4.90 Å². The van der Waals surface area contributed by atoms with Crippen LogP contribution in [0.15, 0.2) is 75.3 Å². The first kappa shape index (κ1) is 20.0. The molecular formula is C18H17N5O5S. The number of hydrazine groups is 1. The molecule has 2 aromatic carbocycles. The number of H-pyrrole nitrogens is 2. The van der Waals surface area contributed by atoms with E-state index in [0.29, 0.717) is 11.3 Å². The summed E-state index contributed by atoms with van der Waals surface area (Å²) >= 11 is 0. The molecule has 0 unspecified atom stereocenters. The molecule has 0 fully saturated rings. The number of benzene rings is 2. The van der Waals surface area contributed by atoms with E-state index in [1.807, 2.05) is 4.98 Å². The number of nitrogens with one attached hydrogen (secondary N) is 4. The quantitative estimate of drug-likeness (QED) is 0.464. The van der Waals surface area contributed by atoms with Crippen molar-refractivity contribution in [3.8, 4) is 0 Å². The number of hydrogen-bond donors (Lipinski definition) is 4. The lowest BCUT2D eigenvalue weighted by Gasteiger charge is -2.24. The number of nitrogens with zero attached hydrogens (tertiary/aromatic N) is 1. The first-order valence-corrected chi connectivity index (χ1v) is 9.82. The highest BCUT2D eigenvalue weighted by Crippen LogP contribution is 2.20. The molecule has 0 aliphatic rings. The maximum Gasteiger partial charge on any atom is 0.341 e. The van der Waals surface area contributed by atoms with E-state index in [1.165, 1.54) is 0 Å². The largest absolute Gasteiger partial charge is 0.341 e. The van der Waals surface area contributed by atoms with Gasteiger partial charge in [0, 0.05) is 11.9 Å². The van der Waals surface area contributed by atoms with Crippen LogP contribution in [0.1, 0.15) is 5.56 Å². The number of aromatic amines is 2. The lowest BCUT2D eigenvalue weighted by molar-refractivity contribution is 0.256. The summed E-state index contributed by atoms with van der Waals surface area (Å²) in [6, 6.07) is 14.2. The second kappa shape index (κ2) is 8.12. The molecule has 0 radical (unpaired) electrons. The molecule has 0 atom stereocenters. The molecule has 10 nitrogen and oxygen atoms in total. The molecule has 3 aromatic rings. The van der Waals surface area contributed by atoms with E-state index in [9.17, 15) is 22.8 Å². The zero-order chi connectivity index (χ0) is 21.0. The second-order valence-corrected chi connectivity index (χ2v) is 7.58. The summed E-state index contributed by atoms with van der Waals surface area (Å²) in [7, 11) is -4.51. The number of amides is 2. The molecule has 2 amide bonds. The molecular weight excluding hydrogens is 398 g/mol. The van der Waals surface area contributed by atoms with E-state index in [4.69, 9.17) is 0 Å². The summed E-state index contributed by atoms with van der Waals surface area (Å²) in [6.45, 7) is 1.69. The van der Waals surface area contributed by atoms with Crippen LogP contribution in [0, 0.1) is 6.92 Å². The molecule has 0 aliphatic heterocycles. The van der Waals surface area contributed by atoms with E-state index in [2.05, 4.69) is 15.1 Å². The Hall–Kier alpha value is -3.70. The average Bonchev–Trinajstić information content (AvgIpc) is 2.67. The van der Waals surface area contributed by atoms with Crippen LogP contribution in [0.2, 0.25) is 0 Å². The molecule has 0 saturated carbocycles. The molecule has 3 rings (SSSR count). The van der Waals surface area contributed by atoms with E-state index >= 15 is 0 Å². The van der Waals surface area contributed by atoms with E-state index in [0.717, 1.165) is 11.2 Å². The number of urea groups is 1. The second-order valence-electron chi connectivity index (χ2n) is 5.95. The highest BCUT2D eigenvalue weighted by Gasteiger charge is 2.27. The Bertz CT molecular complexity index is 1250. The Balaban J connectivity index is 2.01. The van der Waals surface area contributed by atoms with Crippen molar-refractivity contribution in [1.82, 2.24) is 14.8 Å². The van der Waals surface area contributed by atoms with Crippen molar-refractivity contribution in [3.05, 3.63) is 87.2 Å². The van der Waals surface area contributed by atoms with E-state index in [1.54, 1.807) is 61.5 Å². The molecule has 29 heavy (non-hydrogen) atoms. The zero-order valence-electron chi connectivity index (χ0n) is 15.2. The molecule has 0 spiro atoms. The monoisotopic (exact) mass is 415 g/mol. The van der Waals surface area contributed by atoms with E-state index in [-0.39, 0.29) is 5.69 Å². The third kappa shape index (κ3) is 4.59. The predicted molar refractivity (Wildman–Crippen MR) is 107 cm³/mol. The van der Waals surface area contributed by atoms with E-state index < -0.39 is 32.2 Å². The van der Waals surface area contributed by atoms with Crippen LogP contribution in [-0.2, 0) is 10.0 Å².